The van der Waals surface area contributed by atoms with Gasteiger partial charge in [-0.1, -0.05) is 23.7 Å². The smallest absolute Gasteiger partial charge is 0.369 e. The van der Waals surface area contributed by atoms with Gasteiger partial charge in [-0.2, -0.15) is 23.1 Å². The Hall–Kier alpha value is -2.35. The first kappa shape index (κ1) is 16.0. The third kappa shape index (κ3) is 4.08. The highest BCUT2D eigenvalue weighted by Gasteiger charge is 2.33. The number of alkyl halides is 3. The lowest BCUT2D eigenvalue weighted by molar-refractivity contribution is -0.136. The largest absolute Gasteiger partial charge is 0.418 e. The van der Waals surface area contributed by atoms with Gasteiger partial charge in [0.2, 0.25) is 5.96 Å². The zero-order valence-corrected chi connectivity index (χ0v) is 12.1. The zero-order valence-electron chi connectivity index (χ0n) is 11.3. The second kappa shape index (κ2) is 6.18. The Balaban J connectivity index is 2.29. The van der Waals surface area contributed by atoms with Crippen LogP contribution in [0.1, 0.15) is 11.3 Å². The first-order chi connectivity index (χ1) is 10.3. The van der Waals surface area contributed by atoms with Crippen molar-refractivity contribution in [1.29, 1.82) is 0 Å². The normalized spacial score (nSPS) is 12.3. The van der Waals surface area contributed by atoms with Gasteiger partial charge in [-0.15, -0.1) is 0 Å². The van der Waals surface area contributed by atoms with Gasteiger partial charge in [0.15, 0.2) is 0 Å². The van der Waals surface area contributed by atoms with Gasteiger partial charge in [-0.05, 0) is 25.1 Å². The molecule has 1 heterocycles. The van der Waals surface area contributed by atoms with E-state index in [4.69, 9.17) is 17.3 Å². The number of hydrogen-bond acceptors (Lipinski definition) is 3. The van der Waals surface area contributed by atoms with Crippen LogP contribution in [0.25, 0.3) is 0 Å². The van der Waals surface area contributed by atoms with E-state index >= 15 is 0 Å². The molecule has 0 saturated carbocycles. The quantitative estimate of drug-likeness (QED) is 0.502. The fraction of sp³-hybridized carbons (Fsp3) is 0.154. The van der Waals surface area contributed by atoms with Gasteiger partial charge < -0.3 is 11.1 Å². The highest BCUT2D eigenvalue weighted by molar-refractivity contribution is 6.29. The third-order valence-electron chi connectivity index (χ3n) is 2.53. The number of hydrogen-bond donors (Lipinski definition) is 2. The van der Waals surface area contributed by atoms with Crippen molar-refractivity contribution < 1.29 is 13.2 Å². The first-order valence-corrected chi connectivity index (χ1v) is 6.42. The summed E-state index contributed by atoms with van der Waals surface area (Å²) in [5.74, 6) is -0.321. The number of halogens is 4. The van der Waals surface area contributed by atoms with Crippen LogP contribution in [0.3, 0.4) is 0 Å². The molecule has 5 nitrogen and oxygen atoms in total. The predicted molar refractivity (Wildman–Crippen MR) is 78.1 cm³/mol. The number of aryl methyl sites for hydroxylation is 1. The number of nitrogens with zero attached hydrogens (tertiary/aromatic N) is 3. The summed E-state index contributed by atoms with van der Waals surface area (Å²) in [5.41, 5.74) is 5.09. The van der Waals surface area contributed by atoms with E-state index < -0.39 is 11.7 Å². The molecular weight excluding hydrogens is 319 g/mol. The summed E-state index contributed by atoms with van der Waals surface area (Å²) in [5, 5.41) is 2.55. The SMILES string of the molecule is Cc1cc(Cl)nc(/N=C(/N)Nc2ccccc2C(F)(F)F)n1. The van der Waals surface area contributed by atoms with Gasteiger partial charge in [0, 0.05) is 5.69 Å². The van der Waals surface area contributed by atoms with Crippen molar-refractivity contribution in [2.45, 2.75) is 13.1 Å². The van der Waals surface area contributed by atoms with Crippen LogP contribution in [0.15, 0.2) is 35.3 Å². The fourth-order valence-electron chi connectivity index (χ4n) is 1.68. The van der Waals surface area contributed by atoms with E-state index in [1.165, 1.54) is 24.3 Å². The maximum absolute atomic E-state index is 12.9. The van der Waals surface area contributed by atoms with E-state index in [2.05, 4.69) is 20.3 Å². The first-order valence-electron chi connectivity index (χ1n) is 6.04. The Labute approximate surface area is 129 Å². The second-order valence-corrected chi connectivity index (χ2v) is 4.68. The van der Waals surface area contributed by atoms with Gasteiger partial charge in [0.05, 0.1) is 11.3 Å². The molecular formula is C13H11ClF3N5. The van der Waals surface area contributed by atoms with Crippen LogP contribution >= 0.6 is 11.6 Å². The molecule has 0 atom stereocenters. The van der Waals surface area contributed by atoms with Crippen molar-refractivity contribution in [2.75, 3.05) is 5.32 Å². The van der Waals surface area contributed by atoms with Crippen molar-refractivity contribution in [2.24, 2.45) is 10.7 Å². The molecule has 116 valence electrons. The summed E-state index contributed by atoms with van der Waals surface area (Å²) in [4.78, 5) is 11.6. The number of aliphatic imine (C=N–C) groups is 1. The average Bonchev–Trinajstić information content (AvgIpc) is 2.36. The van der Waals surface area contributed by atoms with Crippen LogP contribution in [0, 0.1) is 6.92 Å². The van der Waals surface area contributed by atoms with Crippen LogP contribution in [0.5, 0.6) is 0 Å². The number of nitrogens with one attached hydrogen (secondary N) is 1. The fourth-order valence-corrected chi connectivity index (χ4v) is 1.91. The Bertz CT molecular complexity index is 695. The molecule has 22 heavy (non-hydrogen) atoms. The lowest BCUT2D eigenvalue weighted by Crippen LogP contribution is -2.24. The summed E-state index contributed by atoms with van der Waals surface area (Å²) in [6.07, 6.45) is -4.51. The van der Waals surface area contributed by atoms with Crippen LogP contribution < -0.4 is 11.1 Å². The average molecular weight is 330 g/mol. The molecule has 0 radical (unpaired) electrons. The van der Waals surface area contributed by atoms with Crippen molar-refractivity contribution in [1.82, 2.24) is 9.97 Å². The molecule has 0 spiro atoms. The number of nitrogens with two attached hydrogens (primary N) is 1. The van der Waals surface area contributed by atoms with E-state index in [9.17, 15) is 13.2 Å². The molecule has 0 aliphatic heterocycles. The minimum atomic E-state index is -4.51. The van der Waals surface area contributed by atoms with Crippen molar-refractivity contribution in [3.63, 3.8) is 0 Å². The minimum Gasteiger partial charge on any atom is -0.369 e. The van der Waals surface area contributed by atoms with Crippen LogP contribution in [-0.2, 0) is 6.18 Å². The summed E-state index contributed by atoms with van der Waals surface area (Å²) >= 11 is 5.75. The van der Waals surface area contributed by atoms with Crippen LogP contribution in [-0.4, -0.2) is 15.9 Å². The van der Waals surface area contributed by atoms with Crippen molar-refractivity contribution in [3.8, 4) is 0 Å². The molecule has 1 aromatic heterocycles. The number of aromatic nitrogens is 2. The van der Waals surface area contributed by atoms with E-state index in [1.807, 2.05) is 0 Å². The molecule has 0 unspecified atom stereocenters. The van der Waals surface area contributed by atoms with E-state index in [-0.39, 0.29) is 22.7 Å². The lowest BCUT2D eigenvalue weighted by Gasteiger charge is -2.13. The van der Waals surface area contributed by atoms with Gasteiger partial charge in [-0.3, -0.25) is 0 Å². The number of rotatable bonds is 2. The highest BCUT2D eigenvalue weighted by atomic mass is 35.5. The summed E-state index contributed by atoms with van der Waals surface area (Å²) in [6, 6.07) is 6.43. The molecule has 0 amide bonds. The lowest BCUT2D eigenvalue weighted by atomic mass is 10.1. The molecule has 0 aliphatic carbocycles. The summed E-state index contributed by atoms with van der Waals surface area (Å²) in [7, 11) is 0. The summed E-state index contributed by atoms with van der Waals surface area (Å²) < 4.78 is 38.6. The highest BCUT2D eigenvalue weighted by Crippen LogP contribution is 2.34. The number of para-hydroxylation sites is 1. The van der Waals surface area contributed by atoms with Gasteiger partial charge in [0.1, 0.15) is 5.15 Å². The van der Waals surface area contributed by atoms with Crippen molar-refractivity contribution >= 4 is 29.2 Å². The minimum absolute atomic E-state index is 0.0421. The second-order valence-electron chi connectivity index (χ2n) is 4.30. The molecule has 9 heteroatoms. The number of benzene rings is 1. The van der Waals surface area contributed by atoms with E-state index in [0.29, 0.717) is 5.69 Å². The summed E-state index contributed by atoms with van der Waals surface area (Å²) in [6.45, 7) is 1.68. The number of anilines is 1. The van der Waals surface area contributed by atoms with Gasteiger partial charge in [0.25, 0.3) is 5.95 Å². The number of guanidine groups is 1. The maximum atomic E-state index is 12.9. The molecule has 0 aliphatic rings. The Kier molecular flexibility index (Phi) is 4.51. The zero-order chi connectivity index (χ0) is 16.3. The predicted octanol–water partition coefficient (Wildman–Crippen LogP) is 3.52. The third-order valence-corrected chi connectivity index (χ3v) is 2.72. The van der Waals surface area contributed by atoms with Crippen LogP contribution in [0.4, 0.5) is 24.8 Å². The van der Waals surface area contributed by atoms with Crippen LogP contribution in [0.2, 0.25) is 5.15 Å². The topological polar surface area (TPSA) is 76.2 Å². The maximum Gasteiger partial charge on any atom is 0.418 e. The standard InChI is InChI=1S/C13H11ClF3N5/c1-7-6-10(14)21-12(19-7)22-11(18)20-9-5-3-2-4-8(9)13(15,16)17/h2-6H,1H3,(H3,18,19,20,21,22). The molecule has 0 bridgehead atoms. The van der Waals surface area contributed by atoms with Gasteiger partial charge in [-0.25, -0.2) is 4.98 Å². The molecule has 2 rings (SSSR count). The van der Waals surface area contributed by atoms with E-state index in [1.54, 1.807) is 6.92 Å². The Morgan fingerprint density at radius 3 is 2.59 bits per heavy atom. The van der Waals surface area contributed by atoms with Gasteiger partial charge >= 0.3 is 6.18 Å². The Morgan fingerprint density at radius 1 is 1.27 bits per heavy atom. The molecule has 0 fully saturated rings. The monoisotopic (exact) mass is 329 g/mol. The molecule has 1 aromatic carbocycles. The Morgan fingerprint density at radius 2 is 1.95 bits per heavy atom. The molecule has 2 aromatic rings. The molecule has 0 saturated heterocycles. The van der Waals surface area contributed by atoms with E-state index in [0.717, 1.165) is 6.07 Å². The van der Waals surface area contributed by atoms with Crippen molar-refractivity contribution in [3.05, 3.63) is 46.7 Å². The molecule has 3 N–H and O–H groups in total.